The fourth-order valence-corrected chi connectivity index (χ4v) is 1.48. The van der Waals surface area contributed by atoms with Gasteiger partial charge in [0.1, 0.15) is 5.75 Å². The van der Waals surface area contributed by atoms with Crippen molar-refractivity contribution in [3.63, 3.8) is 0 Å². The maximum atomic E-state index is 9.13. The average Bonchev–Trinajstić information content (AvgIpc) is 2.30. The van der Waals surface area contributed by atoms with Gasteiger partial charge in [-0.2, -0.15) is 0 Å². The first-order valence-electron chi connectivity index (χ1n) is 4.84. The Hall–Kier alpha value is -0.620. The molecule has 0 aliphatic carbocycles. The van der Waals surface area contributed by atoms with Crippen LogP contribution < -0.4 is 4.74 Å². The summed E-state index contributed by atoms with van der Waals surface area (Å²) in [5.41, 5.74) is 0.711. The second kappa shape index (κ2) is 6.85. The number of hydrogen-bond acceptors (Lipinski definition) is 4. The summed E-state index contributed by atoms with van der Waals surface area (Å²) in [6.07, 6.45) is -0.312. The molecule has 0 saturated carbocycles. The minimum atomic E-state index is -0.312. The molecule has 4 nitrogen and oxygen atoms in total. The topological polar surface area (TPSA) is 47.9 Å². The van der Waals surface area contributed by atoms with E-state index in [1.54, 1.807) is 26.2 Å². The molecular formula is C11H15BrO4. The molecule has 1 rings (SSSR count). The number of hydrogen-bond donors (Lipinski definition) is 1. The van der Waals surface area contributed by atoms with Crippen molar-refractivity contribution in [3.8, 4) is 5.75 Å². The summed E-state index contributed by atoms with van der Waals surface area (Å²) in [6, 6.07) is 5.42. The summed E-state index contributed by atoms with van der Waals surface area (Å²) in [5, 5.41) is 9.13. The third-order valence-electron chi connectivity index (χ3n) is 2.04. The molecule has 0 spiro atoms. The van der Waals surface area contributed by atoms with E-state index in [9.17, 15) is 0 Å². The predicted molar refractivity (Wildman–Crippen MR) is 63.1 cm³/mol. The normalized spacial score (nSPS) is 12.5. The molecule has 0 heterocycles. The molecule has 0 aliphatic rings. The summed E-state index contributed by atoms with van der Waals surface area (Å²) in [7, 11) is 1.56. The van der Waals surface area contributed by atoms with Crippen LogP contribution in [0.2, 0.25) is 0 Å². The van der Waals surface area contributed by atoms with Crippen LogP contribution >= 0.6 is 15.9 Å². The van der Waals surface area contributed by atoms with Crippen LogP contribution in [-0.4, -0.2) is 25.3 Å². The quantitative estimate of drug-likeness (QED) is 0.817. The van der Waals surface area contributed by atoms with Gasteiger partial charge in [-0.15, -0.1) is 0 Å². The number of methoxy groups -OCH3 is 1. The second-order valence-corrected chi connectivity index (χ2v) is 4.06. The van der Waals surface area contributed by atoms with Crippen molar-refractivity contribution in [2.24, 2.45) is 0 Å². The van der Waals surface area contributed by atoms with Gasteiger partial charge in [0.05, 0.1) is 6.61 Å². The molecule has 0 radical (unpaired) electrons. The zero-order chi connectivity index (χ0) is 12.0. The van der Waals surface area contributed by atoms with Crippen LogP contribution in [0.15, 0.2) is 22.7 Å². The first-order chi connectivity index (χ1) is 7.67. The summed E-state index contributed by atoms with van der Waals surface area (Å²) in [5.74, 6) is 0.606. The van der Waals surface area contributed by atoms with E-state index in [4.69, 9.17) is 19.3 Å². The van der Waals surface area contributed by atoms with Crippen LogP contribution in [0.25, 0.3) is 0 Å². The zero-order valence-corrected chi connectivity index (χ0v) is 10.9. The molecule has 0 aromatic heterocycles. The lowest BCUT2D eigenvalue weighted by molar-refractivity contribution is -0.149. The van der Waals surface area contributed by atoms with Crippen molar-refractivity contribution in [1.29, 1.82) is 0 Å². The molecule has 0 saturated heterocycles. The van der Waals surface area contributed by atoms with Crippen LogP contribution in [0, 0.1) is 0 Å². The summed E-state index contributed by atoms with van der Waals surface area (Å²) < 4.78 is 16.4. The molecule has 0 bridgehead atoms. The van der Waals surface area contributed by atoms with E-state index in [-0.39, 0.29) is 19.7 Å². The third-order valence-corrected chi connectivity index (χ3v) is 2.54. The smallest absolute Gasteiger partial charge is 0.191 e. The number of aliphatic hydroxyl groups excluding tert-OH is 1. The summed E-state index contributed by atoms with van der Waals surface area (Å²) in [4.78, 5) is 0. The Morgan fingerprint density at radius 2 is 2.19 bits per heavy atom. The molecule has 1 aromatic rings. The number of ether oxygens (including phenoxy) is 3. The van der Waals surface area contributed by atoms with Crippen LogP contribution in [0.3, 0.4) is 0 Å². The van der Waals surface area contributed by atoms with Crippen molar-refractivity contribution in [2.75, 3.05) is 13.9 Å². The Morgan fingerprint density at radius 3 is 2.81 bits per heavy atom. The number of rotatable bonds is 6. The average molecular weight is 291 g/mol. The van der Waals surface area contributed by atoms with Gasteiger partial charge in [-0.25, -0.2) is 0 Å². The number of halogens is 1. The Labute approximate surface area is 103 Å². The Morgan fingerprint density at radius 1 is 1.44 bits per heavy atom. The Kier molecular flexibility index (Phi) is 5.76. The predicted octanol–water partition coefficient (Wildman–Crippen LogP) is 2.29. The van der Waals surface area contributed by atoms with E-state index in [1.807, 2.05) is 6.07 Å². The maximum Gasteiger partial charge on any atom is 0.191 e. The summed E-state index contributed by atoms with van der Waals surface area (Å²) in [6.45, 7) is 1.79. The van der Waals surface area contributed by atoms with Crippen LogP contribution in [-0.2, 0) is 16.1 Å². The van der Waals surface area contributed by atoms with Crippen LogP contribution in [0.1, 0.15) is 12.5 Å². The van der Waals surface area contributed by atoms with E-state index in [2.05, 4.69) is 15.9 Å². The van der Waals surface area contributed by atoms with Gasteiger partial charge >= 0.3 is 0 Å². The fourth-order valence-electron chi connectivity index (χ4n) is 1.07. The lowest BCUT2D eigenvalue weighted by Gasteiger charge is -2.13. The second-order valence-electron chi connectivity index (χ2n) is 3.14. The van der Waals surface area contributed by atoms with Crippen molar-refractivity contribution < 1.29 is 19.3 Å². The van der Waals surface area contributed by atoms with Gasteiger partial charge in [0.25, 0.3) is 0 Å². The van der Waals surface area contributed by atoms with E-state index < -0.39 is 0 Å². The highest BCUT2D eigenvalue weighted by Crippen LogP contribution is 2.23. The van der Waals surface area contributed by atoms with Crippen LogP contribution in [0.5, 0.6) is 5.75 Å². The Balaban J connectivity index is 2.53. The molecule has 1 aromatic carbocycles. The van der Waals surface area contributed by atoms with Gasteiger partial charge in [-0.05, 0) is 25.1 Å². The molecule has 0 aliphatic heterocycles. The lowest BCUT2D eigenvalue weighted by atomic mass is 10.2. The maximum absolute atomic E-state index is 9.13. The van der Waals surface area contributed by atoms with Gasteiger partial charge in [-0.1, -0.05) is 15.9 Å². The molecule has 1 unspecified atom stereocenters. The SMILES string of the molecule is COC(C)OCOc1ccc(Br)cc1CO. The van der Waals surface area contributed by atoms with E-state index >= 15 is 0 Å². The highest BCUT2D eigenvalue weighted by Gasteiger charge is 2.04. The minimum absolute atomic E-state index is 0.0748. The molecule has 5 heteroatoms. The Bertz CT molecular complexity index is 330. The molecule has 0 fully saturated rings. The highest BCUT2D eigenvalue weighted by atomic mass is 79.9. The monoisotopic (exact) mass is 290 g/mol. The molecular weight excluding hydrogens is 276 g/mol. The van der Waals surface area contributed by atoms with Gasteiger partial charge < -0.3 is 19.3 Å². The number of benzene rings is 1. The largest absolute Gasteiger partial charge is 0.467 e. The van der Waals surface area contributed by atoms with Crippen molar-refractivity contribution in [3.05, 3.63) is 28.2 Å². The van der Waals surface area contributed by atoms with Gasteiger partial charge in [0.2, 0.25) is 0 Å². The van der Waals surface area contributed by atoms with E-state index in [0.29, 0.717) is 11.3 Å². The number of aliphatic hydroxyl groups is 1. The van der Waals surface area contributed by atoms with Crippen molar-refractivity contribution in [1.82, 2.24) is 0 Å². The molecule has 16 heavy (non-hydrogen) atoms. The van der Waals surface area contributed by atoms with E-state index in [1.165, 1.54) is 0 Å². The first-order valence-corrected chi connectivity index (χ1v) is 5.63. The lowest BCUT2D eigenvalue weighted by Crippen LogP contribution is -2.14. The van der Waals surface area contributed by atoms with E-state index in [0.717, 1.165) is 4.47 Å². The highest BCUT2D eigenvalue weighted by molar-refractivity contribution is 9.10. The third kappa shape index (κ3) is 4.09. The standard InChI is InChI=1S/C11H15BrO4/c1-8(14-2)15-7-16-11-4-3-10(12)5-9(11)6-13/h3-5,8,13H,6-7H2,1-2H3. The molecule has 0 amide bonds. The van der Waals surface area contributed by atoms with Crippen molar-refractivity contribution >= 4 is 15.9 Å². The molecule has 1 atom stereocenters. The van der Waals surface area contributed by atoms with Gasteiger partial charge in [0, 0.05) is 17.1 Å². The van der Waals surface area contributed by atoms with Crippen molar-refractivity contribution in [2.45, 2.75) is 19.8 Å². The van der Waals surface area contributed by atoms with Gasteiger partial charge in [-0.3, -0.25) is 0 Å². The molecule has 90 valence electrons. The fraction of sp³-hybridized carbons (Fsp3) is 0.455. The van der Waals surface area contributed by atoms with Gasteiger partial charge in [0.15, 0.2) is 13.1 Å². The van der Waals surface area contributed by atoms with Crippen LogP contribution in [0.4, 0.5) is 0 Å². The zero-order valence-electron chi connectivity index (χ0n) is 9.27. The molecule has 1 N–H and O–H groups in total. The minimum Gasteiger partial charge on any atom is -0.467 e. The summed E-state index contributed by atoms with van der Waals surface area (Å²) >= 11 is 3.32. The first kappa shape index (κ1) is 13.4.